The van der Waals surface area contributed by atoms with Gasteiger partial charge in [0.1, 0.15) is 0 Å². The number of nitrogens with one attached hydrogen (secondary N) is 1. The van der Waals surface area contributed by atoms with E-state index in [0.29, 0.717) is 11.4 Å². The molecule has 3 rings (SSSR count). The summed E-state index contributed by atoms with van der Waals surface area (Å²) < 4.78 is 24.9. The summed E-state index contributed by atoms with van der Waals surface area (Å²) in [7, 11) is -3.18. The second-order valence-corrected chi connectivity index (χ2v) is 8.32. The zero-order chi connectivity index (χ0) is 14.9. The van der Waals surface area contributed by atoms with Crippen LogP contribution in [0, 0.1) is 5.92 Å². The van der Waals surface area contributed by atoms with Crippen molar-refractivity contribution in [1.29, 1.82) is 0 Å². The number of hydrogen-bond acceptors (Lipinski definition) is 3. The highest BCUT2D eigenvalue weighted by atomic mass is 32.2. The number of rotatable bonds is 5. The quantitative estimate of drug-likeness (QED) is 0.908. The van der Waals surface area contributed by atoms with Crippen LogP contribution in [0.5, 0.6) is 0 Å². The lowest BCUT2D eigenvalue weighted by atomic mass is 10.2. The predicted octanol–water partition coefficient (Wildman–Crippen LogP) is 2.43. The highest BCUT2D eigenvalue weighted by Gasteiger charge is 2.30. The lowest BCUT2D eigenvalue weighted by molar-refractivity contribution is -0.122. The van der Waals surface area contributed by atoms with E-state index >= 15 is 0 Å². The lowest BCUT2D eigenvalue weighted by Crippen LogP contribution is -2.24. The fraction of sp³-hybridized carbons (Fsp3) is 0.562. The van der Waals surface area contributed by atoms with Gasteiger partial charge < -0.3 is 5.32 Å². The third-order valence-electron chi connectivity index (χ3n) is 4.41. The Morgan fingerprint density at radius 1 is 1.05 bits per heavy atom. The van der Waals surface area contributed by atoms with Crippen LogP contribution in [0.25, 0.3) is 0 Å². The number of hydrogen-bond donors (Lipinski definition) is 1. The van der Waals surface area contributed by atoms with Crippen molar-refractivity contribution >= 4 is 15.7 Å². The molecule has 5 heteroatoms. The van der Waals surface area contributed by atoms with Crippen LogP contribution in [0.4, 0.5) is 0 Å². The van der Waals surface area contributed by atoms with Crippen molar-refractivity contribution in [2.75, 3.05) is 0 Å². The second-order valence-electron chi connectivity index (χ2n) is 6.09. The van der Waals surface area contributed by atoms with Crippen LogP contribution in [0.2, 0.25) is 0 Å². The van der Waals surface area contributed by atoms with Crippen LogP contribution in [0.1, 0.15) is 44.1 Å². The maximum Gasteiger partial charge on any atom is 0.223 e. The van der Waals surface area contributed by atoms with E-state index in [1.165, 1.54) is 0 Å². The van der Waals surface area contributed by atoms with Crippen LogP contribution in [-0.2, 0) is 21.2 Å². The van der Waals surface area contributed by atoms with E-state index in [0.717, 1.165) is 44.1 Å². The SMILES string of the molecule is O=C(NCc1ccc(S(=O)(=O)C2CCCC2)cc1)C1CC1. The van der Waals surface area contributed by atoms with Gasteiger partial charge in [-0.25, -0.2) is 8.42 Å². The molecule has 4 nitrogen and oxygen atoms in total. The van der Waals surface area contributed by atoms with Gasteiger partial charge in [-0.05, 0) is 43.4 Å². The first-order valence-electron chi connectivity index (χ1n) is 7.68. The standard InChI is InChI=1S/C16H21NO3S/c18-16(13-7-8-13)17-11-12-5-9-15(10-6-12)21(19,20)14-3-1-2-4-14/h5-6,9-10,13-14H,1-4,7-8,11H2,(H,17,18). The van der Waals surface area contributed by atoms with Gasteiger partial charge in [0.25, 0.3) is 0 Å². The minimum Gasteiger partial charge on any atom is -0.352 e. The lowest BCUT2D eigenvalue weighted by Gasteiger charge is -2.11. The highest BCUT2D eigenvalue weighted by molar-refractivity contribution is 7.92. The van der Waals surface area contributed by atoms with Gasteiger partial charge in [-0.3, -0.25) is 4.79 Å². The fourth-order valence-electron chi connectivity index (χ4n) is 2.87. The summed E-state index contributed by atoms with van der Waals surface area (Å²) in [5, 5.41) is 2.68. The molecule has 0 bridgehead atoms. The summed E-state index contributed by atoms with van der Waals surface area (Å²) >= 11 is 0. The molecular formula is C16H21NO3S. The van der Waals surface area contributed by atoms with Gasteiger partial charge in [-0.2, -0.15) is 0 Å². The van der Waals surface area contributed by atoms with Crippen molar-refractivity contribution in [3.63, 3.8) is 0 Å². The van der Waals surface area contributed by atoms with Gasteiger partial charge >= 0.3 is 0 Å². The average molecular weight is 307 g/mol. The first kappa shape index (κ1) is 14.6. The third-order valence-corrected chi connectivity index (χ3v) is 6.69. The Hall–Kier alpha value is -1.36. The molecule has 0 spiro atoms. The van der Waals surface area contributed by atoms with Gasteiger partial charge in [0.15, 0.2) is 9.84 Å². The van der Waals surface area contributed by atoms with Gasteiger partial charge in [0, 0.05) is 12.5 Å². The minimum absolute atomic E-state index is 0.109. The fourth-order valence-corrected chi connectivity index (χ4v) is 4.72. The highest BCUT2D eigenvalue weighted by Crippen LogP contribution is 2.30. The third kappa shape index (κ3) is 3.28. The molecule has 114 valence electrons. The zero-order valence-corrected chi connectivity index (χ0v) is 12.9. The Bertz CT molecular complexity index is 611. The predicted molar refractivity (Wildman–Crippen MR) is 80.5 cm³/mol. The van der Waals surface area contributed by atoms with E-state index < -0.39 is 9.84 Å². The normalized spacial score (nSPS) is 19.6. The molecular weight excluding hydrogens is 286 g/mol. The summed E-state index contributed by atoms with van der Waals surface area (Å²) in [4.78, 5) is 12.0. The Morgan fingerprint density at radius 3 is 2.24 bits per heavy atom. The van der Waals surface area contributed by atoms with Gasteiger partial charge in [0.05, 0.1) is 10.1 Å². The van der Waals surface area contributed by atoms with Gasteiger partial charge in [-0.1, -0.05) is 25.0 Å². The maximum atomic E-state index is 12.4. The van der Waals surface area contributed by atoms with E-state index in [1.807, 2.05) is 0 Å². The van der Waals surface area contributed by atoms with Crippen molar-refractivity contribution in [3.8, 4) is 0 Å². The molecule has 0 unspecified atom stereocenters. The second kappa shape index (κ2) is 5.79. The molecule has 2 aliphatic carbocycles. The number of carbonyl (C=O) groups is 1. The molecule has 0 aromatic heterocycles. The number of carbonyl (C=O) groups excluding carboxylic acids is 1. The molecule has 2 aliphatic rings. The number of amides is 1. The molecule has 0 atom stereocenters. The monoisotopic (exact) mass is 307 g/mol. The maximum absolute atomic E-state index is 12.4. The largest absolute Gasteiger partial charge is 0.352 e. The Morgan fingerprint density at radius 2 is 1.67 bits per heavy atom. The van der Waals surface area contributed by atoms with Crippen LogP contribution in [0.15, 0.2) is 29.2 Å². The molecule has 1 aromatic rings. The summed E-state index contributed by atoms with van der Waals surface area (Å²) in [5.74, 6) is 0.310. The van der Waals surface area contributed by atoms with Crippen LogP contribution in [-0.4, -0.2) is 19.6 Å². The van der Waals surface area contributed by atoms with Gasteiger partial charge in [-0.15, -0.1) is 0 Å². The molecule has 2 fully saturated rings. The molecule has 0 heterocycles. The van der Waals surface area contributed by atoms with Crippen LogP contribution >= 0.6 is 0 Å². The van der Waals surface area contributed by atoms with Crippen molar-refractivity contribution in [2.45, 2.75) is 55.2 Å². The summed E-state index contributed by atoms with van der Waals surface area (Å²) in [5.41, 5.74) is 0.939. The molecule has 0 radical (unpaired) electrons. The molecule has 0 saturated heterocycles. The number of benzene rings is 1. The molecule has 0 aliphatic heterocycles. The number of sulfone groups is 1. The summed E-state index contributed by atoms with van der Waals surface area (Å²) in [6.45, 7) is 0.471. The van der Waals surface area contributed by atoms with E-state index in [1.54, 1.807) is 24.3 Å². The Balaban J connectivity index is 1.64. The first-order chi connectivity index (χ1) is 10.1. The van der Waals surface area contributed by atoms with E-state index in [2.05, 4.69) is 5.32 Å². The van der Waals surface area contributed by atoms with Crippen molar-refractivity contribution in [1.82, 2.24) is 5.32 Å². The molecule has 2 saturated carbocycles. The molecule has 1 aromatic carbocycles. The average Bonchev–Trinajstić information content (AvgIpc) is 3.19. The van der Waals surface area contributed by atoms with Crippen molar-refractivity contribution < 1.29 is 13.2 Å². The van der Waals surface area contributed by atoms with Crippen molar-refractivity contribution in [3.05, 3.63) is 29.8 Å². The first-order valence-corrected chi connectivity index (χ1v) is 9.22. The van der Waals surface area contributed by atoms with Crippen LogP contribution in [0.3, 0.4) is 0 Å². The summed E-state index contributed by atoms with van der Waals surface area (Å²) in [6.07, 6.45) is 5.56. The van der Waals surface area contributed by atoms with E-state index in [4.69, 9.17) is 0 Å². The summed E-state index contributed by atoms with van der Waals surface area (Å²) in [6, 6.07) is 6.95. The molecule has 21 heavy (non-hydrogen) atoms. The molecule has 1 N–H and O–H groups in total. The Kier molecular flexibility index (Phi) is 4.02. The topological polar surface area (TPSA) is 63.2 Å². The van der Waals surface area contributed by atoms with E-state index in [-0.39, 0.29) is 17.1 Å². The smallest absolute Gasteiger partial charge is 0.223 e. The van der Waals surface area contributed by atoms with Crippen molar-refractivity contribution in [2.24, 2.45) is 5.92 Å². The van der Waals surface area contributed by atoms with Gasteiger partial charge in [0.2, 0.25) is 5.91 Å². The van der Waals surface area contributed by atoms with Crippen LogP contribution < -0.4 is 5.32 Å². The Labute approximate surface area is 125 Å². The minimum atomic E-state index is -3.18. The molecule has 1 amide bonds. The zero-order valence-electron chi connectivity index (χ0n) is 12.0. The van der Waals surface area contributed by atoms with E-state index in [9.17, 15) is 13.2 Å².